The molecule has 0 radical (unpaired) electrons. The molecule has 1 aromatic carbocycles. The van der Waals surface area contributed by atoms with Crippen molar-refractivity contribution in [3.63, 3.8) is 0 Å². The zero-order chi connectivity index (χ0) is 23.5. The lowest BCUT2D eigenvalue weighted by molar-refractivity contribution is -0.143. The van der Waals surface area contributed by atoms with Crippen molar-refractivity contribution in [3.05, 3.63) is 82.2 Å². The van der Waals surface area contributed by atoms with Gasteiger partial charge in [-0.1, -0.05) is 23.9 Å². The number of aliphatic imine (C=N–C) groups is 1. The van der Waals surface area contributed by atoms with E-state index in [1.807, 2.05) is 10.3 Å². The number of thioether (sulfide) groups is 1. The maximum atomic E-state index is 14.2. The van der Waals surface area contributed by atoms with Gasteiger partial charge >= 0.3 is 5.97 Å². The van der Waals surface area contributed by atoms with E-state index in [1.165, 1.54) is 23.9 Å². The number of halogens is 1. The smallest absolute Gasteiger partial charge is 0.338 e. The molecule has 9 heteroatoms. The zero-order valence-electron chi connectivity index (χ0n) is 18.5. The fraction of sp³-hybridized carbons (Fsp3) is 0.292. The van der Waals surface area contributed by atoms with Gasteiger partial charge in [0.2, 0.25) is 5.91 Å². The Morgan fingerprint density at radius 2 is 2.12 bits per heavy atom. The fourth-order valence-corrected chi connectivity index (χ4v) is 4.69. The molecule has 0 bridgehead atoms. The van der Waals surface area contributed by atoms with Gasteiger partial charge in [0.1, 0.15) is 11.6 Å². The maximum Gasteiger partial charge on any atom is 0.338 e. The first kappa shape index (κ1) is 22.8. The number of carbonyl (C=O) groups is 2. The van der Waals surface area contributed by atoms with Crippen molar-refractivity contribution < 1.29 is 23.1 Å². The molecule has 0 unspecified atom stereocenters. The number of ether oxygens (including phenoxy) is 1. The van der Waals surface area contributed by atoms with Crippen molar-refractivity contribution in [2.75, 3.05) is 0 Å². The average molecular weight is 470 g/mol. The third-order valence-corrected chi connectivity index (χ3v) is 6.00. The van der Waals surface area contributed by atoms with Crippen molar-refractivity contribution in [1.82, 2.24) is 10.2 Å². The van der Waals surface area contributed by atoms with Crippen LogP contribution in [0, 0.1) is 5.82 Å². The maximum absolute atomic E-state index is 14.2. The summed E-state index contributed by atoms with van der Waals surface area (Å²) in [5.41, 5.74) is 2.06. The molecular formula is C24H24FN3O4S. The van der Waals surface area contributed by atoms with E-state index >= 15 is 0 Å². The van der Waals surface area contributed by atoms with E-state index in [1.54, 1.807) is 51.3 Å². The molecule has 2 aliphatic heterocycles. The third kappa shape index (κ3) is 5.03. The minimum atomic E-state index is -0.668. The van der Waals surface area contributed by atoms with Gasteiger partial charge in [0.05, 0.1) is 42.6 Å². The summed E-state index contributed by atoms with van der Waals surface area (Å²) in [5.74, 6) is -0.499. The van der Waals surface area contributed by atoms with Crippen LogP contribution < -0.4 is 5.32 Å². The molecule has 7 nitrogen and oxygen atoms in total. The Bertz CT molecular complexity index is 1150. The van der Waals surface area contributed by atoms with E-state index < -0.39 is 17.8 Å². The predicted molar refractivity (Wildman–Crippen MR) is 123 cm³/mol. The molecule has 4 rings (SSSR count). The number of nitrogens with one attached hydrogen (secondary N) is 1. The lowest BCUT2D eigenvalue weighted by atomic mass is 9.93. The zero-order valence-corrected chi connectivity index (χ0v) is 19.3. The minimum absolute atomic E-state index is 0.0596. The molecule has 0 spiro atoms. The first-order valence-electron chi connectivity index (χ1n) is 10.5. The Kier molecular flexibility index (Phi) is 6.69. The number of rotatable bonds is 7. The highest BCUT2D eigenvalue weighted by atomic mass is 32.2. The summed E-state index contributed by atoms with van der Waals surface area (Å²) in [6.07, 6.45) is 1.28. The third-order valence-electron chi connectivity index (χ3n) is 5.11. The van der Waals surface area contributed by atoms with Gasteiger partial charge < -0.3 is 19.4 Å². The Hall–Kier alpha value is -3.33. The number of fused-ring (bicyclic) bond motifs is 1. The summed E-state index contributed by atoms with van der Waals surface area (Å²) in [5, 5.41) is 5.28. The number of furan rings is 1. The minimum Gasteiger partial charge on any atom is -0.467 e. The molecule has 0 saturated carbocycles. The Morgan fingerprint density at radius 1 is 1.30 bits per heavy atom. The van der Waals surface area contributed by atoms with Gasteiger partial charge in [0.15, 0.2) is 5.17 Å². The quantitative estimate of drug-likeness (QED) is 0.594. The number of amidine groups is 1. The van der Waals surface area contributed by atoms with Gasteiger partial charge in [0.25, 0.3) is 0 Å². The van der Waals surface area contributed by atoms with Crippen LogP contribution in [0.1, 0.15) is 44.6 Å². The second-order valence-corrected chi connectivity index (χ2v) is 8.77. The van der Waals surface area contributed by atoms with Crippen LogP contribution in [0.25, 0.3) is 0 Å². The molecular weight excluding hydrogens is 445 g/mol. The van der Waals surface area contributed by atoms with Crippen LogP contribution in [0.2, 0.25) is 0 Å². The van der Waals surface area contributed by atoms with Gasteiger partial charge in [-0.25, -0.2) is 14.2 Å². The number of allylic oxidation sites excluding steroid dienone is 1. The van der Waals surface area contributed by atoms with E-state index in [-0.39, 0.29) is 25.0 Å². The monoisotopic (exact) mass is 469 g/mol. The van der Waals surface area contributed by atoms with Crippen LogP contribution in [0.3, 0.4) is 0 Å². The molecule has 0 fully saturated rings. The first-order valence-corrected chi connectivity index (χ1v) is 11.4. The molecule has 2 aliphatic rings. The largest absolute Gasteiger partial charge is 0.467 e. The fourth-order valence-electron chi connectivity index (χ4n) is 3.73. The number of hydrogen-bond donors (Lipinski definition) is 1. The predicted octanol–water partition coefficient (Wildman–Crippen LogP) is 4.65. The summed E-state index contributed by atoms with van der Waals surface area (Å²) in [7, 11) is 0. The van der Waals surface area contributed by atoms with Crippen molar-refractivity contribution in [2.45, 2.75) is 45.9 Å². The molecule has 0 aliphatic carbocycles. The number of nitrogens with zero attached hydrogens (tertiary/aromatic N) is 2. The molecule has 1 atom stereocenters. The highest BCUT2D eigenvalue weighted by Gasteiger charge is 2.41. The summed E-state index contributed by atoms with van der Waals surface area (Å²) < 4.78 is 24.9. The van der Waals surface area contributed by atoms with Gasteiger partial charge in [-0.3, -0.25) is 4.79 Å². The summed E-state index contributed by atoms with van der Waals surface area (Å²) in [6.45, 7) is 5.54. The van der Waals surface area contributed by atoms with E-state index in [2.05, 4.69) is 10.3 Å². The number of benzene rings is 1. The Balaban J connectivity index is 1.64. The van der Waals surface area contributed by atoms with Crippen molar-refractivity contribution in [2.24, 2.45) is 4.99 Å². The first-order chi connectivity index (χ1) is 15.8. The van der Waals surface area contributed by atoms with Gasteiger partial charge in [0, 0.05) is 5.70 Å². The number of amides is 1. The normalized spacial score (nSPS) is 17.6. The molecule has 33 heavy (non-hydrogen) atoms. The standard InChI is InChI=1S/C24H24FN3O4S/c1-14(2)32-23(30)21-15(3)27-24-28(22(21)16-6-4-7-17(25)10-16)18(13-33-24)11-20(29)26-12-19-8-5-9-31-19/h4-10,13-14,22H,11-12H2,1-3H3,(H,26,29)/t22-/m1/s1. The van der Waals surface area contributed by atoms with Crippen LogP contribution in [-0.2, 0) is 20.9 Å². The summed E-state index contributed by atoms with van der Waals surface area (Å²) in [6, 6.07) is 8.95. The van der Waals surface area contributed by atoms with Crippen LogP contribution in [-0.4, -0.2) is 28.0 Å². The molecule has 2 aromatic rings. The molecule has 172 valence electrons. The number of hydrogen-bond acceptors (Lipinski definition) is 7. The van der Waals surface area contributed by atoms with Crippen LogP contribution >= 0.6 is 11.8 Å². The average Bonchev–Trinajstić information content (AvgIpc) is 3.41. The van der Waals surface area contributed by atoms with Crippen molar-refractivity contribution in [3.8, 4) is 0 Å². The topological polar surface area (TPSA) is 84.1 Å². The second-order valence-electron chi connectivity index (χ2n) is 7.93. The summed E-state index contributed by atoms with van der Waals surface area (Å²) in [4.78, 5) is 32.1. The van der Waals surface area contributed by atoms with Gasteiger partial charge in [-0.05, 0) is 56.0 Å². The van der Waals surface area contributed by atoms with Crippen molar-refractivity contribution in [1.29, 1.82) is 0 Å². The SMILES string of the molecule is CC1=C(C(=O)OC(C)C)[C@@H](c2cccc(F)c2)N2C(CC(=O)NCc3ccco3)=CSC2=N1. The molecule has 1 N–H and O–H groups in total. The molecule has 1 aromatic heterocycles. The second kappa shape index (κ2) is 9.66. The van der Waals surface area contributed by atoms with Gasteiger partial charge in [-0.15, -0.1) is 0 Å². The molecule has 0 saturated heterocycles. The molecule has 3 heterocycles. The van der Waals surface area contributed by atoms with Crippen LogP contribution in [0.15, 0.2) is 74.4 Å². The van der Waals surface area contributed by atoms with Crippen LogP contribution in [0.5, 0.6) is 0 Å². The highest BCUT2D eigenvalue weighted by molar-refractivity contribution is 8.16. The van der Waals surface area contributed by atoms with E-state index in [0.717, 1.165) is 0 Å². The van der Waals surface area contributed by atoms with E-state index in [9.17, 15) is 14.0 Å². The van der Waals surface area contributed by atoms with Crippen LogP contribution in [0.4, 0.5) is 4.39 Å². The Morgan fingerprint density at radius 3 is 2.82 bits per heavy atom. The summed E-state index contributed by atoms with van der Waals surface area (Å²) >= 11 is 1.36. The van der Waals surface area contributed by atoms with Gasteiger partial charge in [-0.2, -0.15) is 0 Å². The Labute approximate surface area is 195 Å². The van der Waals surface area contributed by atoms with E-state index in [4.69, 9.17) is 9.15 Å². The highest BCUT2D eigenvalue weighted by Crippen LogP contribution is 2.45. The molecule has 1 amide bonds. The lowest BCUT2D eigenvalue weighted by Gasteiger charge is -2.36. The lowest BCUT2D eigenvalue weighted by Crippen LogP contribution is -2.38. The van der Waals surface area contributed by atoms with E-state index in [0.29, 0.717) is 33.5 Å². The number of esters is 1. The number of carbonyl (C=O) groups excluding carboxylic acids is 2. The van der Waals surface area contributed by atoms with Crippen molar-refractivity contribution >= 4 is 28.8 Å².